The van der Waals surface area contributed by atoms with Crippen LogP contribution in [0.5, 0.6) is 0 Å². The van der Waals surface area contributed by atoms with Crippen molar-refractivity contribution >= 4 is 0 Å². The lowest BCUT2D eigenvalue weighted by Gasteiger charge is -2.33. The molecule has 0 bridgehead atoms. The van der Waals surface area contributed by atoms with E-state index in [1.165, 1.54) is 6.42 Å². The van der Waals surface area contributed by atoms with E-state index in [1.807, 2.05) is 13.0 Å². The van der Waals surface area contributed by atoms with Crippen LogP contribution in [-0.4, -0.2) is 5.11 Å². The minimum absolute atomic E-state index is 0.364. The van der Waals surface area contributed by atoms with Gasteiger partial charge in [0.25, 0.3) is 0 Å². The first-order chi connectivity index (χ1) is 7.58. The molecule has 1 saturated carbocycles. The lowest BCUT2D eigenvalue weighted by atomic mass is 9.74. The molecule has 2 heteroatoms. The van der Waals surface area contributed by atoms with Crippen LogP contribution in [-0.2, 0) is 0 Å². The van der Waals surface area contributed by atoms with Crippen molar-refractivity contribution in [2.75, 3.05) is 0 Å². The highest BCUT2D eigenvalue weighted by atomic mass is 16.4. The maximum atomic E-state index is 10.4. The molecule has 0 saturated heterocycles. The predicted octanol–water partition coefficient (Wildman–Crippen LogP) is 3.69. The molecule has 2 nitrogen and oxygen atoms in total. The summed E-state index contributed by atoms with van der Waals surface area (Å²) in [6.45, 7) is 6.56. The molecule has 16 heavy (non-hydrogen) atoms. The van der Waals surface area contributed by atoms with Crippen molar-refractivity contribution in [3.05, 3.63) is 23.7 Å². The predicted molar refractivity (Wildman–Crippen MR) is 64.1 cm³/mol. The van der Waals surface area contributed by atoms with E-state index in [1.54, 1.807) is 6.26 Å². The van der Waals surface area contributed by atoms with Crippen LogP contribution in [0.1, 0.15) is 50.5 Å². The first-order valence-corrected chi connectivity index (χ1v) is 6.30. The first kappa shape index (κ1) is 11.7. The lowest BCUT2D eigenvalue weighted by molar-refractivity contribution is 0.0391. The zero-order valence-corrected chi connectivity index (χ0v) is 10.4. The van der Waals surface area contributed by atoms with Gasteiger partial charge in [-0.3, -0.25) is 0 Å². The molecule has 1 N–H and O–H groups in total. The molecular weight excluding hydrogens is 200 g/mol. The molecule has 1 heterocycles. The largest absolute Gasteiger partial charge is 0.466 e. The summed E-state index contributed by atoms with van der Waals surface area (Å²) in [5.74, 6) is 2.58. The summed E-state index contributed by atoms with van der Waals surface area (Å²) in [5.41, 5.74) is 1.07. The van der Waals surface area contributed by atoms with Crippen LogP contribution in [0.25, 0.3) is 0 Å². The van der Waals surface area contributed by atoms with E-state index in [4.69, 9.17) is 4.42 Å². The highest BCUT2D eigenvalue weighted by Gasteiger charge is 2.31. The summed E-state index contributed by atoms with van der Waals surface area (Å²) < 4.78 is 5.40. The molecule has 0 aromatic carbocycles. The van der Waals surface area contributed by atoms with Crippen molar-refractivity contribution in [1.82, 2.24) is 0 Å². The third kappa shape index (κ3) is 2.32. The van der Waals surface area contributed by atoms with Gasteiger partial charge in [-0.15, -0.1) is 0 Å². The van der Waals surface area contributed by atoms with Gasteiger partial charge in [0, 0.05) is 0 Å². The molecule has 3 unspecified atom stereocenters. The maximum Gasteiger partial charge on any atom is 0.135 e. The van der Waals surface area contributed by atoms with Gasteiger partial charge in [-0.05, 0) is 55.6 Å². The molecule has 1 aromatic rings. The zero-order chi connectivity index (χ0) is 11.7. The summed E-state index contributed by atoms with van der Waals surface area (Å²) in [4.78, 5) is 0. The molecular formula is C14H22O2. The van der Waals surface area contributed by atoms with Crippen molar-refractivity contribution in [2.45, 2.75) is 46.1 Å². The van der Waals surface area contributed by atoms with Crippen LogP contribution >= 0.6 is 0 Å². The molecule has 90 valence electrons. The fraction of sp³-hybridized carbons (Fsp3) is 0.714. The van der Waals surface area contributed by atoms with E-state index in [-0.39, 0.29) is 0 Å². The van der Waals surface area contributed by atoms with Gasteiger partial charge in [-0.1, -0.05) is 13.8 Å². The first-order valence-electron chi connectivity index (χ1n) is 6.30. The third-order valence-electron chi connectivity index (χ3n) is 3.83. The van der Waals surface area contributed by atoms with Gasteiger partial charge in [-0.2, -0.15) is 0 Å². The van der Waals surface area contributed by atoms with Crippen molar-refractivity contribution in [3.8, 4) is 0 Å². The van der Waals surface area contributed by atoms with Crippen LogP contribution < -0.4 is 0 Å². The molecule has 1 fully saturated rings. The minimum atomic E-state index is -0.416. The highest BCUT2D eigenvalue weighted by molar-refractivity contribution is 5.17. The van der Waals surface area contributed by atoms with E-state index in [0.29, 0.717) is 5.92 Å². The van der Waals surface area contributed by atoms with Crippen molar-refractivity contribution in [1.29, 1.82) is 0 Å². The Balaban J connectivity index is 2.10. The molecule has 0 radical (unpaired) electrons. The van der Waals surface area contributed by atoms with Crippen LogP contribution in [0.15, 0.2) is 16.7 Å². The van der Waals surface area contributed by atoms with Crippen molar-refractivity contribution in [2.24, 2.45) is 17.8 Å². The van der Waals surface area contributed by atoms with Crippen molar-refractivity contribution in [3.63, 3.8) is 0 Å². The number of hydrogen-bond donors (Lipinski definition) is 1. The SMILES string of the molecule is Cc1ccoc1C(O)C1CC(C)CC(C)C1. The molecule has 1 aliphatic carbocycles. The van der Waals surface area contributed by atoms with Gasteiger partial charge < -0.3 is 9.52 Å². The van der Waals surface area contributed by atoms with E-state index in [9.17, 15) is 5.11 Å². The third-order valence-corrected chi connectivity index (χ3v) is 3.83. The van der Waals surface area contributed by atoms with Crippen LogP contribution in [0, 0.1) is 24.7 Å². The molecule has 0 aliphatic heterocycles. The average molecular weight is 222 g/mol. The molecule has 1 aromatic heterocycles. The average Bonchev–Trinajstić information content (AvgIpc) is 2.62. The Morgan fingerprint density at radius 2 is 1.88 bits per heavy atom. The number of furan rings is 1. The van der Waals surface area contributed by atoms with Crippen LogP contribution in [0.3, 0.4) is 0 Å². The second-order valence-corrected chi connectivity index (χ2v) is 5.59. The Bertz CT molecular complexity index is 332. The molecule has 2 rings (SSSR count). The van der Waals surface area contributed by atoms with E-state index < -0.39 is 6.10 Å². The normalized spacial score (nSPS) is 32.6. The Labute approximate surface area is 97.7 Å². The Kier molecular flexibility index (Phi) is 3.38. The molecule has 0 spiro atoms. The Hall–Kier alpha value is -0.760. The number of aliphatic hydroxyl groups excluding tert-OH is 1. The summed E-state index contributed by atoms with van der Waals surface area (Å²) in [7, 11) is 0. The van der Waals surface area contributed by atoms with Gasteiger partial charge in [0.15, 0.2) is 0 Å². The standard InChI is InChI=1S/C14H22O2/c1-9-6-10(2)8-12(7-9)13(15)14-11(3)4-5-16-14/h4-5,9-10,12-13,15H,6-8H2,1-3H3. The summed E-state index contributed by atoms with van der Waals surface area (Å²) >= 11 is 0. The lowest BCUT2D eigenvalue weighted by Crippen LogP contribution is -2.24. The van der Waals surface area contributed by atoms with Gasteiger partial charge in [0.05, 0.1) is 6.26 Å². The number of hydrogen-bond acceptors (Lipinski definition) is 2. The smallest absolute Gasteiger partial charge is 0.135 e. The van der Waals surface area contributed by atoms with Crippen molar-refractivity contribution < 1.29 is 9.52 Å². The van der Waals surface area contributed by atoms with E-state index >= 15 is 0 Å². The second-order valence-electron chi connectivity index (χ2n) is 5.59. The highest BCUT2D eigenvalue weighted by Crippen LogP contribution is 2.40. The van der Waals surface area contributed by atoms with E-state index in [2.05, 4.69) is 13.8 Å². The minimum Gasteiger partial charge on any atom is -0.466 e. The maximum absolute atomic E-state index is 10.4. The quantitative estimate of drug-likeness (QED) is 0.827. The van der Waals surface area contributed by atoms with Gasteiger partial charge in [0.1, 0.15) is 11.9 Å². The number of rotatable bonds is 2. The van der Waals surface area contributed by atoms with Gasteiger partial charge >= 0.3 is 0 Å². The number of aryl methyl sites for hydroxylation is 1. The summed E-state index contributed by atoms with van der Waals surface area (Å²) in [6.07, 6.45) is 4.78. The molecule has 1 aliphatic rings. The molecule has 3 atom stereocenters. The Morgan fingerprint density at radius 1 is 1.25 bits per heavy atom. The van der Waals surface area contributed by atoms with E-state index in [0.717, 1.165) is 36.0 Å². The fourth-order valence-electron chi connectivity index (χ4n) is 3.17. The zero-order valence-electron chi connectivity index (χ0n) is 10.4. The van der Waals surface area contributed by atoms with Gasteiger partial charge in [0.2, 0.25) is 0 Å². The second kappa shape index (κ2) is 4.62. The Morgan fingerprint density at radius 3 is 2.38 bits per heavy atom. The number of aliphatic hydroxyl groups is 1. The van der Waals surface area contributed by atoms with Crippen LogP contribution in [0.4, 0.5) is 0 Å². The summed E-state index contributed by atoms with van der Waals surface area (Å²) in [6, 6.07) is 1.92. The van der Waals surface area contributed by atoms with Crippen LogP contribution in [0.2, 0.25) is 0 Å². The molecule has 0 amide bonds. The monoisotopic (exact) mass is 222 g/mol. The van der Waals surface area contributed by atoms with Gasteiger partial charge in [-0.25, -0.2) is 0 Å². The summed E-state index contributed by atoms with van der Waals surface area (Å²) in [5, 5.41) is 10.4. The topological polar surface area (TPSA) is 33.4 Å². The fourth-order valence-corrected chi connectivity index (χ4v) is 3.17.